The third kappa shape index (κ3) is 6.43. The maximum Gasteiger partial charge on any atom is 0.257 e. The highest BCUT2D eigenvalue weighted by Gasteiger charge is 1.99. The Labute approximate surface area is 178 Å². The molecule has 0 aliphatic rings. The monoisotopic (exact) mass is 416 g/mol. The summed E-state index contributed by atoms with van der Waals surface area (Å²) >= 11 is 0. The van der Waals surface area contributed by atoms with Crippen molar-refractivity contribution in [2.45, 2.75) is 0 Å². The van der Waals surface area contributed by atoms with Gasteiger partial charge in [-0.1, -0.05) is 36.4 Å². The van der Waals surface area contributed by atoms with Crippen LogP contribution in [0.15, 0.2) is 93.2 Å². The molecule has 9 nitrogen and oxygen atoms in total. The molecule has 9 heteroatoms. The highest BCUT2D eigenvalue weighted by atomic mass is 16.3. The molecule has 0 aliphatic carbocycles. The largest absolute Gasteiger partial charge is 0.507 e. The first-order chi connectivity index (χ1) is 15.1. The number of para-hydroxylation sites is 3. The number of benzene rings is 3. The Bertz CT molecular complexity index is 1080. The lowest BCUT2D eigenvalue weighted by molar-refractivity contribution is 0.474. The number of aromatic hydroxyl groups is 3. The summed E-state index contributed by atoms with van der Waals surface area (Å²) in [5.41, 5.74) is 6.78. The lowest BCUT2D eigenvalue weighted by atomic mass is 10.2. The number of rotatable bonds is 6. The van der Waals surface area contributed by atoms with Crippen molar-refractivity contribution in [2.75, 3.05) is 0 Å². The summed E-state index contributed by atoms with van der Waals surface area (Å²) in [6, 6.07) is 20.1. The van der Waals surface area contributed by atoms with Crippen molar-refractivity contribution in [2.24, 2.45) is 20.4 Å². The Morgan fingerprint density at radius 3 is 1.39 bits per heavy atom. The third-order valence-electron chi connectivity index (χ3n) is 3.91. The molecule has 0 spiro atoms. The van der Waals surface area contributed by atoms with E-state index in [1.807, 2.05) is 0 Å². The number of phenolic OH excluding ortho intramolecular Hbond substituents is 3. The molecule has 0 amide bonds. The minimum Gasteiger partial charge on any atom is -0.507 e. The molecule has 0 saturated heterocycles. The highest BCUT2D eigenvalue weighted by Crippen LogP contribution is 2.14. The first-order valence-electron chi connectivity index (χ1n) is 9.16. The average molecular weight is 416 g/mol. The third-order valence-corrected chi connectivity index (χ3v) is 3.91. The van der Waals surface area contributed by atoms with Crippen molar-refractivity contribution in [3.8, 4) is 17.2 Å². The number of hydrazone groups is 2. The lowest BCUT2D eigenvalue weighted by Crippen LogP contribution is -2.30. The van der Waals surface area contributed by atoms with E-state index in [0.29, 0.717) is 16.7 Å². The second-order valence-electron chi connectivity index (χ2n) is 6.11. The van der Waals surface area contributed by atoms with Crippen molar-refractivity contribution < 1.29 is 15.3 Å². The average Bonchev–Trinajstić information content (AvgIpc) is 2.77. The first-order valence-corrected chi connectivity index (χ1v) is 9.16. The fourth-order valence-electron chi connectivity index (χ4n) is 2.33. The number of guanidine groups is 1. The molecule has 0 aliphatic heterocycles. The molecule has 3 aromatic carbocycles. The molecule has 0 aromatic heterocycles. The van der Waals surface area contributed by atoms with Crippen molar-refractivity contribution in [1.82, 2.24) is 10.9 Å². The van der Waals surface area contributed by atoms with E-state index in [-0.39, 0.29) is 23.2 Å². The van der Waals surface area contributed by atoms with Crippen LogP contribution < -0.4 is 10.9 Å². The van der Waals surface area contributed by atoms with Gasteiger partial charge in [-0.3, -0.25) is 0 Å². The summed E-state index contributed by atoms with van der Waals surface area (Å²) in [5.74, 6) is 0.286. The molecule has 0 unspecified atom stereocenters. The van der Waals surface area contributed by atoms with E-state index in [1.54, 1.807) is 66.7 Å². The van der Waals surface area contributed by atoms with Crippen molar-refractivity contribution in [1.29, 1.82) is 0 Å². The van der Waals surface area contributed by atoms with Crippen LogP contribution in [0.3, 0.4) is 0 Å². The number of phenols is 3. The number of nitrogens with one attached hydrogen (secondary N) is 2. The number of hydrogen-bond acceptors (Lipinski definition) is 7. The Hall–Kier alpha value is -4.66. The molecule has 0 bridgehead atoms. The Morgan fingerprint density at radius 2 is 0.968 bits per heavy atom. The van der Waals surface area contributed by atoms with Gasteiger partial charge in [-0.15, -0.1) is 5.10 Å². The molecule has 5 N–H and O–H groups in total. The van der Waals surface area contributed by atoms with E-state index in [4.69, 9.17) is 0 Å². The molecule has 0 radical (unpaired) electrons. The number of nitrogens with zero attached hydrogens (tertiary/aromatic N) is 4. The van der Waals surface area contributed by atoms with Gasteiger partial charge in [-0.2, -0.15) is 15.3 Å². The van der Waals surface area contributed by atoms with Gasteiger partial charge < -0.3 is 15.3 Å². The van der Waals surface area contributed by atoms with Crippen molar-refractivity contribution in [3.05, 3.63) is 89.5 Å². The minimum atomic E-state index is 0.0602. The molecule has 0 heterocycles. The van der Waals surface area contributed by atoms with Crippen LogP contribution in [-0.2, 0) is 0 Å². The van der Waals surface area contributed by atoms with Crippen LogP contribution >= 0.6 is 0 Å². The van der Waals surface area contributed by atoms with Gasteiger partial charge in [-0.25, -0.2) is 10.9 Å². The van der Waals surface area contributed by atoms with Crippen LogP contribution in [0.2, 0.25) is 0 Å². The molecule has 31 heavy (non-hydrogen) atoms. The molecule has 0 saturated carbocycles. The standard InChI is InChI=1S/C22H20N6O3/c29-19-10-4-1-7-16(19)13-23-26-22(27-24-14-17-8-2-5-11-20(17)30)28-25-15-18-9-3-6-12-21(18)31/h1-15,29-31H,(H2,26,27,28)/b23-13-,24-14+,25-15+. The Morgan fingerprint density at radius 1 is 0.581 bits per heavy atom. The van der Waals surface area contributed by atoms with E-state index < -0.39 is 0 Å². The van der Waals surface area contributed by atoms with E-state index >= 15 is 0 Å². The van der Waals surface area contributed by atoms with Crippen LogP contribution in [0, 0.1) is 0 Å². The topological polar surface area (TPSA) is 134 Å². The van der Waals surface area contributed by atoms with E-state index in [1.165, 1.54) is 24.7 Å². The maximum atomic E-state index is 9.80. The van der Waals surface area contributed by atoms with Gasteiger partial charge in [0.15, 0.2) is 0 Å². The van der Waals surface area contributed by atoms with Crippen molar-refractivity contribution >= 4 is 24.6 Å². The van der Waals surface area contributed by atoms with Gasteiger partial charge in [-0.05, 0) is 36.4 Å². The zero-order valence-corrected chi connectivity index (χ0v) is 16.3. The van der Waals surface area contributed by atoms with E-state index in [2.05, 4.69) is 31.3 Å². The fourth-order valence-corrected chi connectivity index (χ4v) is 2.33. The number of hydrogen-bond donors (Lipinski definition) is 5. The second kappa shape index (κ2) is 10.8. The predicted molar refractivity (Wildman–Crippen MR) is 121 cm³/mol. The predicted octanol–water partition coefficient (Wildman–Crippen LogP) is 2.74. The SMILES string of the molecule is Oc1ccccc1/C=N\N=C(N/N=C/c1ccccc1O)N/N=C/c1ccccc1O. The van der Waals surface area contributed by atoms with Crippen LogP contribution in [-0.4, -0.2) is 39.9 Å². The van der Waals surface area contributed by atoms with E-state index in [9.17, 15) is 15.3 Å². The molecular formula is C22H20N6O3. The summed E-state index contributed by atoms with van der Waals surface area (Å²) in [5, 5.41) is 45.3. The van der Waals surface area contributed by atoms with Crippen LogP contribution in [0.1, 0.15) is 16.7 Å². The Kier molecular flexibility index (Phi) is 7.31. The summed E-state index contributed by atoms with van der Waals surface area (Å²) in [6.07, 6.45) is 4.19. The second-order valence-corrected chi connectivity index (χ2v) is 6.11. The summed E-state index contributed by atoms with van der Waals surface area (Å²) in [6.45, 7) is 0. The van der Waals surface area contributed by atoms with Gasteiger partial charge in [0.05, 0.1) is 18.6 Å². The maximum absolute atomic E-state index is 9.80. The zero-order chi connectivity index (χ0) is 21.9. The van der Waals surface area contributed by atoms with Gasteiger partial charge >= 0.3 is 0 Å². The fraction of sp³-hybridized carbons (Fsp3) is 0. The highest BCUT2D eigenvalue weighted by molar-refractivity contribution is 5.88. The van der Waals surface area contributed by atoms with Gasteiger partial charge in [0, 0.05) is 16.7 Å². The summed E-state index contributed by atoms with van der Waals surface area (Å²) < 4.78 is 0. The smallest absolute Gasteiger partial charge is 0.257 e. The molecule has 3 rings (SSSR count). The van der Waals surface area contributed by atoms with Gasteiger partial charge in [0.2, 0.25) is 0 Å². The van der Waals surface area contributed by atoms with Crippen molar-refractivity contribution in [3.63, 3.8) is 0 Å². The Balaban J connectivity index is 1.75. The molecular weight excluding hydrogens is 396 g/mol. The normalized spacial score (nSPS) is 11.2. The van der Waals surface area contributed by atoms with Crippen LogP contribution in [0.25, 0.3) is 0 Å². The van der Waals surface area contributed by atoms with Gasteiger partial charge in [0.1, 0.15) is 17.2 Å². The minimum absolute atomic E-state index is 0.0602. The lowest BCUT2D eigenvalue weighted by Gasteiger charge is -2.03. The molecule has 156 valence electrons. The first kappa shape index (κ1) is 21.1. The summed E-state index contributed by atoms with van der Waals surface area (Å²) in [4.78, 5) is 0. The van der Waals surface area contributed by atoms with Gasteiger partial charge in [0.25, 0.3) is 5.96 Å². The quantitative estimate of drug-likeness (QED) is 0.239. The zero-order valence-electron chi connectivity index (χ0n) is 16.3. The van der Waals surface area contributed by atoms with Crippen LogP contribution in [0.5, 0.6) is 17.2 Å². The summed E-state index contributed by atoms with van der Waals surface area (Å²) in [7, 11) is 0. The molecule has 0 atom stereocenters. The molecule has 0 fully saturated rings. The van der Waals surface area contributed by atoms with Crippen LogP contribution in [0.4, 0.5) is 0 Å². The molecule has 3 aromatic rings. The van der Waals surface area contributed by atoms with E-state index in [0.717, 1.165) is 0 Å².